The third-order valence-corrected chi connectivity index (χ3v) is 9.62. The Morgan fingerprint density at radius 3 is 2.46 bits per heavy atom. The molecule has 1 saturated heterocycles. The van der Waals surface area contributed by atoms with E-state index in [1.54, 1.807) is 23.5 Å². The van der Waals surface area contributed by atoms with E-state index in [0.29, 0.717) is 24.2 Å². The quantitative estimate of drug-likeness (QED) is 0.330. The summed E-state index contributed by atoms with van der Waals surface area (Å²) >= 11 is 12.4. The lowest BCUT2D eigenvalue weighted by atomic mass is 10.0. The number of fused-ring (bicyclic) bond motifs is 2. The van der Waals surface area contributed by atoms with Crippen LogP contribution in [0.25, 0.3) is 22.0 Å². The SMILES string of the molecule is CC(=O)c1cn(CC(=O)N2[C@H](C(=O)N[C@H](C)[C@H]3CC3(Cl)Cl)C[C@@]3(C)C[C@@H]23)c2ccc(-c3cnc(C)nc3)cc12. The summed E-state index contributed by atoms with van der Waals surface area (Å²) in [6, 6.07) is 5.14. The van der Waals surface area contributed by atoms with Crippen LogP contribution in [-0.2, 0) is 16.1 Å². The minimum atomic E-state index is -0.789. The molecule has 6 rings (SSSR count). The van der Waals surface area contributed by atoms with Crippen LogP contribution in [0.5, 0.6) is 0 Å². The van der Waals surface area contributed by atoms with E-state index in [4.69, 9.17) is 23.2 Å². The number of halogens is 2. The van der Waals surface area contributed by atoms with E-state index in [2.05, 4.69) is 22.2 Å². The number of likely N-dealkylation sites (tertiary alicyclic amines) is 1. The maximum Gasteiger partial charge on any atom is 0.243 e. The molecule has 3 aliphatic rings. The van der Waals surface area contributed by atoms with Crippen molar-refractivity contribution in [1.82, 2.24) is 24.8 Å². The van der Waals surface area contributed by atoms with Gasteiger partial charge in [0, 0.05) is 58.6 Å². The highest BCUT2D eigenvalue weighted by Crippen LogP contribution is 2.59. The Morgan fingerprint density at radius 2 is 1.82 bits per heavy atom. The number of carbonyl (C=O) groups excluding carboxylic acids is 3. The first-order chi connectivity index (χ1) is 18.4. The number of nitrogens with one attached hydrogen (secondary N) is 1. The third-order valence-electron chi connectivity index (χ3n) is 8.75. The zero-order valence-corrected chi connectivity index (χ0v) is 23.9. The first-order valence-corrected chi connectivity index (χ1v) is 14.1. The van der Waals surface area contributed by atoms with Crippen LogP contribution in [0.4, 0.5) is 0 Å². The van der Waals surface area contributed by atoms with Gasteiger partial charge in [-0.15, -0.1) is 23.2 Å². The van der Waals surface area contributed by atoms with Crippen LogP contribution in [0.1, 0.15) is 56.2 Å². The summed E-state index contributed by atoms with van der Waals surface area (Å²) in [5.41, 5.74) is 3.02. The van der Waals surface area contributed by atoms with Gasteiger partial charge in [-0.3, -0.25) is 14.4 Å². The molecule has 0 bridgehead atoms. The monoisotopic (exact) mass is 567 g/mol. The second-order valence-corrected chi connectivity index (χ2v) is 13.3. The summed E-state index contributed by atoms with van der Waals surface area (Å²) in [5.74, 6) is 0.316. The van der Waals surface area contributed by atoms with Gasteiger partial charge in [0.2, 0.25) is 11.8 Å². The molecule has 39 heavy (non-hydrogen) atoms. The summed E-state index contributed by atoms with van der Waals surface area (Å²) < 4.78 is 1.03. The van der Waals surface area contributed by atoms with E-state index < -0.39 is 10.4 Å². The maximum absolute atomic E-state index is 13.8. The molecule has 2 amide bonds. The van der Waals surface area contributed by atoms with Crippen LogP contribution in [-0.4, -0.2) is 59.5 Å². The van der Waals surface area contributed by atoms with Gasteiger partial charge in [0.05, 0.1) is 0 Å². The number of alkyl halides is 2. The number of rotatable bonds is 7. The van der Waals surface area contributed by atoms with Crippen molar-refractivity contribution in [3.05, 3.63) is 48.2 Å². The predicted octanol–water partition coefficient (Wildman–Crippen LogP) is 4.69. The molecule has 8 nitrogen and oxygen atoms in total. The fourth-order valence-corrected chi connectivity index (χ4v) is 6.93. The first-order valence-electron chi connectivity index (χ1n) is 13.3. The Bertz CT molecular complexity index is 1520. The number of hydrogen-bond donors (Lipinski definition) is 1. The molecule has 10 heteroatoms. The number of aryl methyl sites for hydroxylation is 1. The van der Waals surface area contributed by atoms with Crippen molar-refractivity contribution in [2.24, 2.45) is 11.3 Å². The van der Waals surface area contributed by atoms with Crippen LogP contribution in [0.3, 0.4) is 0 Å². The van der Waals surface area contributed by atoms with Gasteiger partial charge in [-0.1, -0.05) is 13.0 Å². The van der Waals surface area contributed by atoms with Crippen LogP contribution in [0, 0.1) is 18.3 Å². The van der Waals surface area contributed by atoms with Gasteiger partial charge in [0.15, 0.2) is 5.78 Å². The molecule has 3 aromatic rings. The second-order valence-electron chi connectivity index (χ2n) is 11.7. The topological polar surface area (TPSA) is 97.2 Å². The number of nitrogens with zero attached hydrogens (tertiary/aromatic N) is 4. The molecule has 1 N–H and O–H groups in total. The fraction of sp³-hybridized carbons (Fsp3) is 0.483. The van der Waals surface area contributed by atoms with Crippen molar-refractivity contribution in [3.63, 3.8) is 0 Å². The molecule has 0 radical (unpaired) electrons. The minimum Gasteiger partial charge on any atom is -0.351 e. The lowest BCUT2D eigenvalue weighted by Gasteiger charge is -2.28. The van der Waals surface area contributed by atoms with Gasteiger partial charge in [-0.2, -0.15) is 0 Å². The Hall–Kier alpha value is -2.97. The normalized spacial score (nSPS) is 27.2. The Balaban J connectivity index is 1.26. The zero-order valence-electron chi connectivity index (χ0n) is 22.4. The number of hydrogen-bond acceptors (Lipinski definition) is 5. The highest BCUT2D eigenvalue weighted by molar-refractivity contribution is 6.51. The van der Waals surface area contributed by atoms with Crippen molar-refractivity contribution in [2.45, 2.75) is 76.0 Å². The van der Waals surface area contributed by atoms with E-state index in [9.17, 15) is 14.4 Å². The average Bonchev–Trinajstić information content (AvgIpc) is 3.63. The number of benzene rings is 1. The molecular weight excluding hydrogens is 537 g/mol. The largest absolute Gasteiger partial charge is 0.351 e. The van der Waals surface area contributed by atoms with Crippen molar-refractivity contribution >= 4 is 51.7 Å². The highest BCUT2D eigenvalue weighted by atomic mass is 35.5. The standard InChI is InChI=1S/C29H31Cl2N5O3/c1-15(22-8-29(22,30)31)34-27(39)24-9-28(4)10-25(28)36(24)26(38)14-35-13-21(16(2)37)20-7-18(5-6-23(20)35)19-11-32-17(3)33-12-19/h5-7,11-13,15,22,24-25H,8-10,14H2,1-4H3,(H,34,39)/t15-,22-,24+,25-,28+/m1/s1. The van der Waals surface area contributed by atoms with E-state index in [1.807, 2.05) is 36.6 Å². The molecular formula is C29H31Cl2N5O3. The Labute approximate surface area is 237 Å². The molecule has 3 fully saturated rings. The predicted molar refractivity (Wildman–Crippen MR) is 150 cm³/mol. The van der Waals surface area contributed by atoms with E-state index in [-0.39, 0.29) is 47.6 Å². The minimum absolute atomic E-state index is 0.00747. The van der Waals surface area contributed by atoms with E-state index in [1.165, 1.54) is 6.92 Å². The molecule has 0 unspecified atom stereocenters. The second kappa shape index (κ2) is 9.03. The molecule has 2 aromatic heterocycles. The molecule has 2 aliphatic carbocycles. The summed E-state index contributed by atoms with van der Waals surface area (Å²) in [5, 5.41) is 3.82. The molecule has 1 aromatic carbocycles. The Kier molecular flexibility index (Phi) is 6.08. The maximum atomic E-state index is 13.8. The first kappa shape index (κ1) is 26.3. The van der Waals surface area contributed by atoms with Crippen molar-refractivity contribution in [2.75, 3.05) is 0 Å². The molecule has 0 spiro atoms. The summed E-state index contributed by atoms with van der Waals surface area (Å²) in [6.07, 6.45) is 7.42. The molecule has 204 valence electrons. The number of Topliss-reactive ketones (excluding diaryl/α,β-unsaturated/α-hetero) is 1. The molecule has 1 aliphatic heterocycles. The smallest absolute Gasteiger partial charge is 0.243 e. The third kappa shape index (κ3) is 4.61. The zero-order chi connectivity index (χ0) is 27.9. The van der Waals surface area contributed by atoms with Crippen LogP contribution >= 0.6 is 23.2 Å². The van der Waals surface area contributed by atoms with Gasteiger partial charge < -0.3 is 14.8 Å². The lowest BCUT2D eigenvalue weighted by molar-refractivity contribution is -0.140. The van der Waals surface area contributed by atoms with Crippen LogP contribution in [0.15, 0.2) is 36.8 Å². The van der Waals surface area contributed by atoms with Crippen molar-refractivity contribution < 1.29 is 14.4 Å². The van der Waals surface area contributed by atoms with Crippen LogP contribution < -0.4 is 5.32 Å². The highest BCUT2D eigenvalue weighted by Gasteiger charge is 2.64. The van der Waals surface area contributed by atoms with E-state index >= 15 is 0 Å². The Morgan fingerprint density at radius 1 is 1.13 bits per heavy atom. The molecule has 3 heterocycles. The van der Waals surface area contributed by atoms with E-state index in [0.717, 1.165) is 28.5 Å². The molecule has 2 saturated carbocycles. The number of piperidine rings is 1. The number of aromatic nitrogens is 3. The summed E-state index contributed by atoms with van der Waals surface area (Å²) in [6.45, 7) is 7.43. The van der Waals surface area contributed by atoms with Gasteiger partial charge in [0.25, 0.3) is 0 Å². The summed E-state index contributed by atoms with van der Waals surface area (Å²) in [4.78, 5) is 50.0. The van der Waals surface area contributed by atoms with Crippen LogP contribution in [0.2, 0.25) is 0 Å². The van der Waals surface area contributed by atoms with Gasteiger partial charge in [-0.25, -0.2) is 9.97 Å². The van der Waals surface area contributed by atoms with Gasteiger partial charge >= 0.3 is 0 Å². The summed E-state index contributed by atoms with van der Waals surface area (Å²) in [7, 11) is 0. The number of carbonyl (C=O) groups is 3. The lowest BCUT2D eigenvalue weighted by Crippen LogP contribution is -2.51. The van der Waals surface area contributed by atoms with Gasteiger partial charge in [0.1, 0.15) is 22.7 Å². The fourth-order valence-electron chi connectivity index (χ4n) is 6.22. The molecule has 5 atom stereocenters. The number of ketones is 1. The average molecular weight is 569 g/mol. The van der Waals surface area contributed by atoms with Crippen molar-refractivity contribution in [3.8, 4) is 11.1 Å². The number of amides is 2. The van der Waals surface area contributed by atoms with Gasteiger partial charge in [-0.05, 0) is 63.1 Å². The van der Waals surface area contributed by atoms with Crippen molar-refractivity contribution in [1.29, 1.82) is 0 Å².